The Kier molecular flexibility index (Phi) is 3.25. The van der Waals surface area contributed by atoms with Crippen LogP contribution in [0.2, 0.25) is 5.15 Å². The zero-order valence-electron chi connectivity index (χ0n) is 10.4. The number of fused-ring (bicyclic) bond motifs is 1. The van der Waals surface area contributed by atoms with Gasteiger partial charge in [-0.2, -0.15) is 13.2 Å². The molecule has 0 spiro atoms. The van der Waals surface area contributed by atoms with E-state index in [4.69, 9.17) is 11.6 Å². The number of hydrogen-bond donors (Lipinski definition) is 0. The van der Waals surface area contributed by atoms with Crippen molar-refractivity contribution in [1.29, 1.82) is 0 Å². The van der Waals surface area contributed by atoms with E-state index in [0.717, 1.165) is 5.39 Å². The predicted octanol–water partition coefficient (Wildman–Crippen LogP) is 4.36. The van der Waals surface area contributed by atoms with E-state index >= 15 is 0 Å². The highest BCUT2D eigenvalue weighted by atomic mass is 35.5. The number of halogens is 4. The van der Waals surface area contributed by atoms with Gasteiger partial charge in [-0.15, -0.1) is 0 Å². The molecule has 0 saturated carbocycles. The molecule has 21 heavy (non-hydrogen) atoms. The van der Waals surface area contributed by atoms with E-state index in [1.807, 2.05) is 6.07 Å². The lowest BCUT2D eigenvalue weighted by Gasteiger charge is -2.09. The summed E-state index contributed by atoms with van der Waals surface area (Å²) in [6.07, 6.45) is -1.46. The summed E-state index contributed by atoms with van der Waals surface area (Å²) in [5, 5.41) is 1.29. The molecule has 106 valence electrons. The summed E-state index contributed by atoms with van der Waals surface area (Å²) in [7, 11) is 0. The molecule has 2 heterocycles. The normalized spacial score (nSPS) is 11.8. The van der Waals surface area contributed by atoms with Gasteiger partial charge in [0.2, 0.25) is 5.82 Å². The lowest BCUT2D eigenvalue weighted by Crippen LogP contribution is -2.11. The SMILES string of the molecule is FC(F)(F)c1nc(Cl)cc(-c2cccc3ccncc23)n1. The molecule has 0 fully saturated rings. The molecule has 2 aromatic heterocycles. The Morgan fingerprint density at radius 1 is 1.05 bits per heavy atom. The third-order valence-electron chi connectivity index (χ3n) is 2.91. The Morgan fingerprint density at radius 2 is 1.86 bits per heavy atom. The fourth-order valence-corrected chi connectivity index (χ4v) is 2.20. The second-order valence-corrected chi connectivity index (χ2v) is 4.69. The third-order valence-corrected chi connectivity index (χ3v) is 3.10. The van der Waals surface area contributed by atoms with E-state index in [-0.39, 0.29) is 10.8 Å². The number of aromatic nitrogens is 3. The molecule has 3 aromatic rings. The van der Waals surface area contributed by atoms with E-state index < -0.39 is 12.0 Å². The molecule has 3 nitrogen and oxygen atoms in total. The van der Waals surface area contributed by atoms with Crippen LogP contribution in [-0.2, 0) is 6.18 Å². The summed E-state index contributed by atoms with van der Waals surface area (Å²) in [4.78, 5) is 10.8. The molecular weight excluding hydrogens is 303 g/mol. The van der Waals surface area contributed by atoms with Crippen LogP contribution in [0, 0.1) is 0 Å². The van der Waals surface area contributed by atoms with Gasteiger partial charge in [-0.1, -0.05) is 29.8 Å². The van der Waals surface area contributed by atoms with Crippen LogP contribution in [0.3, 0.4) is 0 Å². The first kappa shape index (κ1) is 13.8. The van der Waals surface area contributed by atoms with E-state index in [0.29, 0.717) is 10.9 Å². The lowest BCUT2D eigenvalue weighted by atomic mass is 10.0. The van der Waals surface area contributed by atoms with Crippen molar-refractivity contribution in [2.24, 2.45) is 0 Å². The van der Waals surface area contributed by atoms with Gasteiger partial charge in [0.1, 0.15) is 5.15 Å². The number of nitrogens with zero attached hydrogens (tertiary/aromatic N) is 3. The Bertz CT molecular complexity index is 813. The van der Waals surface area contributed by atoms with Crippen LogP contribution in [0.5, 0.6) is 0 Å². The fourth-order valence-electron chi connectivity index (χ4n) is 2.02. The Labute approximate surface area is 122 Å². The molecule has 0 aliphatic heterocycles. The molecule has 0 amide bonds. The van der Waals surface area contributed by atoms with Gasteiger partial charge in [0.25, 0.3) is 0 Å². The minimum Gasteiger partial charge on any atom is -0.264 e. The lowest BCUT2D eigenvalue weighted by molar-refractivity contribution is -0.144. The van der Waals surface area contributed by atoms with E-state index in [1.165, 1.54) is 6.07 Å². The number of benzene rings is 1. The highest BCUT2D eigenvalue weighted by Gasteiger charge is 2.35. The van der Waals surface area contributed by atoms with Crippen molar-refractivity contribution in [3.05, 3.63) is 53.7 Å². The van der Waals surface area contributed by atoms with Crippen LogP contribution in [0.4, 0.5) is 13.2 Å². The van der Waals surface area contributed by atoms with Crippen molar-refractivity contribution in [3.8, 4) is 11.3 Å². The van der Waals surface area contributed by atoms with Gasteiger partial charge in [0.05, 0.1) is 5.69 Å². The quantitative estimate of drug-likeness (QED) is 0.627. The maximum absolute atomic E-state index is 12.8. The van der Waals surface area contributed by atoms with Crippen molar-refractivity contribution < 1.29 is 13.2 Å². The van der Waals surface area contributed by atoms with Crippen LogP contribution < -0.4 is 0 Å². The van der Waals surface area contributed by atoms with Crippen LogP contribution in [-0.4, -0.2) is 15.0 Å². The second-order valence-electron chi connectivity index (χ2n) is 4.30. The van der Waals surface area contributed by atoms with Crippen molar-refractivity contribution in [2.45, 2.75) is 6.18 Å². The minimum atomic E-state index is -4.65. The number of pyridine rings is 1. The average Bonchev–Trinajstić information content (AvgIpc) is 2.45. The second kappa shape index (κ2) is 4.96. The first-order chi connectivity index (χ1) is 9.95. The number of rotatable bonds is 1. The summed E-state index contributed by atoms with van der Waals surface area (Å²) in [5.74, 6) is -1.26. The highest BCUT2D eigenvalue weighted by molar-refractivity contribution is 6.29. The summed E-state index contributed by atoms with van der Waals surface area (Å²) < 4.78 is 38.3. The maximum Gasteiger partial charge on any atom is 0.451 e. The Balaban J connectivity index is 2.26. The topological polar surface area (TPSA) is 38.7 Å². The summed E-state index contributed by atoms with van der Waals surface area (Å²) >= 11 is 5.69. The zero-order valence-corrected chi connectivity index (χ0v) is 11.2. The molecular formula is C14H7ClF3N3. The van der Waals surface area contributed by atoms with Gasteiger partial charge in [0, 0.05) is 29.4 Å². The third kappa shape index (κ3) is 2.67. The van der Waals surface area contributed by atoms with E-state index in [9.17, 15) is 13.2 Å². The summed E-state index contributed by atoms with van der Waals surface area (Å²) in [6, 6.07) is 8.32. The molecule has 3 rings (SSSR count). The summed E-state index contributed by atoms with van der Waals surface area (Å²) in [6.45, 7) is 0. The van der Waals surface area contributed by atoms with Crippen molar-refractivity contribution in [3.63, 3.8) is 0 Å². The Morgan fingerprint density at radius 3 is 2.62 bits per heavy atom. The van der Waals surface area contributed by atoms with Gasteiger partial charge >= 0.3 is 6.18 Å². The number of alkyl halides is 3. The van der Waals surface area contributed by atoms with Crippen molar-refractivity contribution in [1.82, 2.24) is 15.0 Å². The average molecular weight is 310 g/mol. The van der Waals surface area contributed by atoms with Gasteiger partial charge in [0.15, 0.2) is 0 Å². The van der Waals surface area contributed by atoms with Crippen molar-refractivity contribution in [2.75, 3.05) is 0 Å². The smallest absolute Gasteiger partial charge is 0.264 e. The molecule has 0 aliphatic rings. The van der Waals surface area contributed by atoms with E-state index in [2.05, 4.69) is 15.0 Å². The fraction of sp³-hybridized carbons (Fsp3) is 0.0714. The van der Waals surface area contributed by atoms with Gasteiger partial charge in [-0.25, -0.2) is 9.97 Å². The molecule has 0 atom stereocenters. The molecule has 0 bridgehead atoms. The largest absolute Gasteiger partial charge is 0.451 e. The number of hydrogen-bond acceptors (Lipinski definition) is 3. The molecule has 0 N–H and O–H groups in total. The highest BCUT2D eigenvalue weighted by Crippen LogP contribution is 2.32. The first-order valence-electron chi connectivity index (χ1n) is 5.90. The van der Waals surface area contributed by atoms with Crippen LogP contribution >= 0.6 is 11.6 Å². The monoisotopic (exact) mass is 309 g/mol. The maximum atomic E-state index is 12.8. The first-order valence-corrected chi connectivity index (χ1v) is 6.28. The minimum absolute atomic E-state index is 0.112. The van der Waals surface area contributed by atoms with Crippen molar-refractivity contribution >= 4 is 22.4 Å². The Hall–Kier alpha value is -2.21. The van der Waals surface area contributed by atoms with Gasteiger partial charge in [-0.05, 0) is 11.5 Å². The predicted molar refractivity (Wildman–Crippen MR) is 72.8 cm³/mol. The standard InChI is InChI=1S/C14H7ClF3N3/c15-12-6-11(20-13(21-12)14(16,17)18)9-3-1-2-8-4-5-19-7-10(8)9/h1-7H. The molecule has 0 saturated heterocycles. The van der Waals surface area contributed by atoms with E-state index in [1.54, 1.807) is 30.6 Å². The van der Waals surface area contributed by atoms with Crippen LogP contribution in [0.1, 0.15) is 5.82 Å². The van der Waals surface area contributed by atoms with Gasteiger partial charge < -0.3 is 0 Å². The molecule has 0 unspecified atom stereocenters. The molecule has 7 heteroatoms. The van der Waals surface area contributed by atoms with Crippen LogP contribution in [0.15, 0.2) is 42.7 Å². The summed E-state index contributed by atoms with van der Waals surface area (Å²) in [5.41, 5.74) is 0.635. The van der Waals surface area contributed by atoms with Crippen LogP contribution in [0.25, 0.3) is 22.0 Å². The molecule has 0 aliphatic carbocycles. The molecule has 0 radical (unpaired) electrons. The zero-order chi connectivity index (χ0) is 15.0. The van der Waals surface area contributed by atoms with Gasteiger partial charge in [-0.3, -0.25) is 4.98 Å². The molecule has 1 aromatic carbocycles.